The van der Waals surface area contributed by atoms with Crippen LogP contribution in [0.3, 0.4) is 0 Å². The van der Waals surface area contributed by atoms with Gasteiger partial charge in [0.05, 0.1) is 13.2 Å². The molecule has 2 aromatic rings. The van der Waals surface area contributed by atoms with Crippen molar-refractivity contribution in [3.63, 3.8) is 0 Å². The quantitative estimate of drug-likeness (QED) is 0.0904. The zero-order valence-corrected chi connectivity index (χ0v) is 31.4. The van der Waals surface area contributed by atoms with Gasteiger partial charge in [-0.25, -0.2) is 0 Å². The number of hydrogen-bond donors (Lipinski definition) is 0. The third-order valence-electron chi connectivity index (χ3n) is 9.17. The third kappa shape index (κ3) is 19.9. The van der Waals surface area contributed by atoms with Crippen LogP contribution in [0.25, 0.3) is 0 Å². The third-order valence-corrected chi connectivity index (χ3v) is 9.17. The van der Waals surface area contributed by atoms with Crippen molar-refractivity contribution in [2.75, 3.05) is 26.4 Å². The number of ether oxygens (including phenoxy) is 2. The fourth-order valence-electron chi connectivity index (χ4n) is 6.83. The van der Waals surface area contributed by atoms with Crippen molar-refractivity contribution in [2.24, 2.45) is 5.41 Å². The van der Waals surface area contributed by atoms with Gasteiger partial charge in [-0.15, -0.1) is 0 Å². The van der Waals surface area contributed by atoms with Crippen LogP contribution in [-0.2, 0) is 21.5 Å². The van der Waals surface area contributed by atoms with Crippen LogP contribution in [0, 0.1) is 5.41 Å². The number of nitrogens with zero attached hydrogens (tertiary/aromatic N) is 1. The Bertz CT molecular complexity index is 1040. The van der Waals surface area contributed by atoms with E-state index < -0.39 is 0 Å². The van der Waals surface area contributed by atoms with Crippen molar-refractivity contribution in [2.45, 2.75) is 163 Å². The molecule has 0 saturated heterocycles. The fourth-order valence-corrected chi connectivity index (χ4v) is 6.83. The number of benzene rings is 2. The molecule has 0 bridgehead atoms. The van der Waals surface area contributed by atoms with Crippen LogP contribution in [0.2, 0.25) is 0 Å². The van der Waals surface area contributed by atoms with Gasteiger partial charge in [-0.1, -0.05) is 174 Å². The summed E-state index contributed by atoms with van der Waals surface area (Å²) in [6.45, 7) is 16.6. The predicted molar refractivity (Wildman–Crippen MR) is 201 cm³/mol. The van der Waals surface area contributed by atoms with Crippen molar-refractivity contribution in [1.29, 1.82) is 0 Å². The van der Waals surface area contributed by atoms with Crippen LogP contribution in [0.4, 0.5) is 0 Å². The van der Waals surface area contributed by atoms with Crippen LogP contribution in [0.1, 0.15) is 162 Å². The maximum Gasteiger partial charge on any atom is 0.222 e. The number of unbranched alkanes of at least 4 members (excludes halogenated alkanes) is 14. The zero-order valence-electron chi connectivity index (χ0n) is 31.4. The van der Waals surface area contributed by atoms with Crippen LogP contribution in [0.5, 0.6) is 5.75 Å². The lowest BCUT2D eigenvalue weighted by molar-refractivity contribution is -0.132. The lowest BCUT2D eigenvalue weighted by Gasteiger charge is -2.33. The molecule has 2 rings (SSSR count). The van der Waals surface area contributed by atoms with E-state index in [9.17, 15) is 4.79 Å². The van der Waals surface area contributed by atoms with E-state index >= 15 is 0 Å². The molecular weight excluding hydrogens is 578 g/mol. The monoisotopic (exact) mass is 650 g/mol. The molecule has 0 saturated carbocycles. The van der Waals surface area contributed by atoms with Crippen molar-refractivity contribution < 1.29 is 14.3 Å². The lowest BCUT2D eigenvalue weighted by Crippen LogP contribution is -2.33. The molecule has 0 atom stereocenters. The Hall–Kier alpha value is -2.33. The van der Waals surface area contributed by atoms with Gasteiger partial charge in [0.15, 0.2) is 0 Å². The molecule has 2 aromatic carbocycles. The Balaban J connectivity index is 1.61. The lowest BCUT2D eigenvalue weighted by atomic mass is 9.72. The standard InChI is InChI=1S/C43H71NO3/c1-7-8-9-10-11-12-13-14-15-16-17-18-19-20-24-27-41(45)44(36-38-25-22-21-23-26-38)32-33-46-34-35-47-40-30-28-39(29-31-40)43(5,6)37-42(2,3)4/h21-23,25-26,28-31H,7-20,24,27,32-37H2,1-6H3. The van der Waals surface area contributed by atoms with Crippen LogP contribution in [-0.4, -0.2) is 37.2 Å². The molecule has 47 heavy (non-hydrogen) atoms. The maximum atomic E-state index is 13.2. The highest BCUT2D eigenvalue weighted by atomic mass is 16.5. The zero-order chi connectivity index (χ0) is 34.2. The van der Waals surface area contributed by atoms with Gasteiger partial charge in [0.2, 0.25) is 5.91 Å². The molecule has 0 aliphatic rings. The number of amides is 1. The minimum atomic E-state index is 0.120. The minimum Gasteiger partial charge on any atom is -0.491 e. The van der Waals surface area contributed by atoms with E-state index in [0.29, 0.717) is 39.3 Å². The molecule has 4 heteroatoms. The van der Waals surface area contributed by atoms with Gasteiger partial charge in [-0.05, 0) is 46.9 Å². The SMILES string of the molecule is CCCCCCCCCCCCCCCCCC(=O)N(CCOCCOc1ccc(C(C)(C)CC(C)(C)C)cc1)Cc1ccccc1. The topological polar surface area (TPSA) is 38.8 Å². The van der Waals surface area contributed by atoms with Gasteiger partial charge >= 0.3 is 0 Å². The molecule has 4 nitrogen and oxygen atoms in total. The first-order valence-corrected chi connectivity index (χ1v) is 19.2. The van der Waals surface area contributed by atoms with Crippen LogP contribution >= 0.6 is 0 Å². The first kappa shape index (κ1) is 40.8. The highest BCUT2D eigenvalue weighted by Crippen LogP contribution is 2.36. The molecule has 0 spiro atoms. The number of carbonyl (C=O) groups excluding carboxylic acids is 1. The Morgan fingerprint density at radius 1 is 0.638 bits per heavy atom. The van der Waals surface area contributed by atoms with E-state index in [2.05, 4.69) is 77.9 Å². The Morgan fingerprint density at radius 2 is 1.17 bits per heavy atom. The molecule has 0 fully saturated rings. The van der Waals surface area contributed by atoms with E-state index in [-0.39, 0.29) is 16.7 Å². The van der Waals surface area contributed by atoms with Crippen molar-refractivity contribution in [1.82, 2.24) is 4.90 Å². The van der Waals surface area contributed by atoms with E-state index in [0.717, 1.165) is 30.6 Å². The van der Waals surface area contributed by atoms with E-state index in [1.54, 1.807) is 0 Å². The van der Waals surface area contributed by atoms with Gasteiger partial charge in [-0.3, -0.25) is 4.79 Å². The number of hydrogen-bond acceptors (Lipinski definition) is 3. The number of carbonyl (C=O) groups is 1. The summed E-state index contributed by atoms with van der Waals surface area (Å²) in [7, 11) is 0. The Kier molecular flexibility index (Phi) is 20.8. The Morgan fingerprint density at radius 3 is 1.70 bits per heavy atom. The van der Waals surface area contributed by atoms with Gasteiger partial charge in [0, 0.05) is 19.5 Å². The summed E-state index contributed by atoms with van der Waals surface area (Å²) in [4.78, 5) is 15.2. The van der Waals surface area contributed by atoms with E-state index in [4.69, 9.17) is 9.47 Å². The normalized spacial score (nSPS) is 12.0. The summed E-state index contributed by atoms with van der Waals surface area (Å²) >= 11 is 0. The average molecular weight is 650 g/mol. The van der Waals surface area contributed by atoms with E-state index in [1.807, 2.05) is 23.1 Å². The molecule has 0 radical (unpaired) electrons. The summed E-state index contributed by atoms with van der Waals surface area (Å²) in [5.41, 5.74) is 2.90. The van der Waals surface area contributed by atoms with Crippen molar-refractivity contribution in [3.8, 4) is 5.75 Å². The molecular formula is C43H71NO3. The second-order valence-electron chi connectivity index (χ2n) is 15.6. The average Bonchev–Trinajstić information content (AvgIpc) is 3.03. The summed E-state index contributed by atoms with van der Waals surface area (Å²) < 4.78 is 11.9. The van der Waals surface area contributed by atoms with E-state index in [1.165, 1.54) is 89.0 Å². The fraction of sp³-hybridized carbons (Fsp3) is 0.698. The molecule has 0 N–H and O–H groups in total. The second kappa shape index (κ2) is 23.9. The van der Waals surface area contributed by atoms with Crippen molar-refractivity contribution in [3.05, 3.63) is 65.7 Å². The van der Waals surface area contributed by atoms with Crippen LogP contribution in [0.15, 0.2) is 54.6 Å². The Labute approximate surface area is 290 Å². The summed E-state index contributed by atoms with van der Waals surface area (Å²) in [5, 5.41) is 0. The van der Waals surface area contributed by atoms with Crippen molar-refractivity contribution >= 4 is 5.91 Å². The molecule has 0 aliphatic heterocycles. The van der Waals surface area contributed by atoms with Crippen LogP contribution < -0.4 is 4.74 Å². The minimum absolute atomic E-state index is 0.120. The molecule has 0 aliphatic carbocycles. The molecule has 0 aromatic heterocycles. The molecule has 266 valence electrons. The first-order chi connectivity index (χ1) is 22.6. The second-order valence-corrected chi connectivity index (χ2v) is 15.6. The van der Waals surface area contributed by atoms with Gasteiger partial charge in [-0.2, -0.15) is 0 Å². The highest BCUT2D eigenvalue weighted by Gasteiger charge is 2.27. The highest BCUT2D eigenvalue weighted by molar-refractivity contribution is 5.76. The summed E-state index contributed by atoms with van der Waals surface area (Å²) in [6.07, 6.45) is 21.8. The smallest absolute Gasteiger partial charge is 0.222 e. The molecule has 0 unspecified atom stereocenters. The van der Waals surface area contributed by atoms with Gasteiger partial charge in [0.25, 0.3) is 0 Å². The van der Waals surface area contributed by atoms with Gasteiger partial charge in [0.1, 0.15) is 12.4 Å². The predicted octanol–water partition coefficient (Wildman–Crippen LogP) is 12.1. The summed E-state index contributed by atoms with van der Waals surface area (Å²) in [5.74, 6) is 1.10. The number of rotatable bonds is 27. The first-order valence-electron chi connectivity index (χ1n) is 19.2. The maximum absolute atomic E-state index is 13.2. The molecule has 1 amide bonds. The summed E-state index contributed by atoms with van der Waals surface area (Å²) in [6, 6.07) is 18.8. The molecule has 0 heterocycles. The largest absolute Gasteiger partial charge is 0.491 e. The van der Waals surface area contributed by atoms with Gasteiger partial charge < -0.3 is 14.4 Å².